The molecule has 2 aliphatic rings. The Labute approximate surface area is 311 Å². The molecule has 0 saturated carbocycles. The van der Waals surface area contributed by atoms with Crippen molar-refractivity contribution < 1.29 is 33.0 Å². The van der Waals surface area contributed by atoms with Crippen molar-refractivity contribution in [3.8, 4) is 33.9 Å². The molecule has 2 fully saturated rings. The zero-order valence-corrected chi connectivity index (χ0v) is 30.8. The minimum Gasteiger partial charge on any atom is -0.467 e. The highest BCUT2D eigenvalue weighted by molar-refractivity contribution is 6.12. The number of hydrogen-bond acceptors (Lipinski definition) is 12. The molecule has 0 aliphatic carbocycles. The minimum absolute atomic E-state index is 0.259. The summed E-state index contributed by atoms with van der Waals surface area (Å²) in [4.78, 5) is 74.5. The summed E-state index contributed by atoms with van der Waals surface area (Å²) in [5.41, 5.74) is 10.6. The number of H-pyrrole nitrogens is 1. The third kappa shape index (κ3) is 6.72. The van der Waals surface area contributed by atoms with Crippen LogP contribution in [0.4, 0.5) is 9.18 Å². The summed E-state index contributed by atoms with van der Waals surface area (Å²) >= 11 is 0. The van der Waals surface area contributed by atoms with Crippen molar-refractivity contribution in [1.29, 1.82) is 0 Å². The second-order valence-electron chi connectivity index (χ2n) is 14.3. The lowest BCUT2D eigenvalue weighted by Gasteiger charge is -2.39. The van der Waals surface area contributed by atoms with Gasteiger partial charge in [-0.25, -0.2) is 33.9 Å². The quantitative estimate of drug-likeness (QED) is 0.121. The molecule has 6 rings (SSSR count). The predicted octanol–water partition coefficient (Wildman–Crippen LogP) is 3.45. The van der Waals surface area contributed by atoms with Gasteiger partial charge < -0.3 is 35.4 Å². The number of nitrogens with two attached hydrogens (primary N) is 2. The second-order valence-corrected chi connectivity index (χ2v) is 14.3. The van der Waals surface area contributed by atoms with E-state index >= 15 is 4.39 Å². The first kappa shape index (κ1) is 38.2. The van der Waals surface area contributed by atoms with Crippen LogP contribution in [0.3, 0.4) is 0 Å². The largest absolute Gasteiger partial charge is 0.467 e. The molecule has 5 heterocycles. The van der Waals surface area contributed by atoms with Crippen LogP contribution >= 0.6 is 0 Å². The summed E-state index contributed by atoms with van der Waals surface area (Å²) in [6.45, 7) is 7.90. The van der Waals surface area contributed by atoms with E-state index in [0.717, 1.165) is 6.42 Å². The molecule has 0 bridgehead atoms. The number of primary amides is 1. The average molecular weight is 745 g/mol. The zero-order chi connectivity index (χ0) is 38.9. The third-order valence-corrected chi connectivity index (χ3v) is 10.4. The van der Waals surface area contributed by atoms with Gasteiger partial charge in [-0.15, -0.1) is 0 Å². The van der Waals surface area contributed by atoms with Crippen LogP contribution in [0.5, 0.6) is 0 Å². The van der Waals surface area contributed by atoms with Gasteiger partial charge in [-0.2, -0.15) is 0 Å². The molecule has 4 aromatic rings. The standard InChI is InChI=1S/C37H45FN10O6/c1-20(2)29(54-35(39)52)32(49)47-13-6-8-27(47)31-44-17-26(46-31)24-10-9-22(14-25(24)38)30-42-15-23(16-43-30)28-18-41-19-48(28)36(11-7-12-45-36)33(50)37(40,21(3)4)34(51)53-5/h9-10,14-21,27,29,45H,6-8,11-13,40H2,1-5H3,(H2,39,52)(H,44,46)/t27-,29-,36-,37?/m0/s1. The van der Waals surface area contributed by atoms with Crippen molar-refractivity contribution in [2.45, 2.75) is 76.7 Å². The molecular weight excluding hydrogens is 699 g/mol. The van der Waals surface area contributed by atoms with Gasteiger partial charge in [-0.05, 0) is 56.2 Å². The zero-order valence-electron chi connectivity index (χ0n) is 30.8. The Bertz CT molecular complexity index is 2040. The normalized spacial score (nSPS) is 20.2. The van der Waals surface area contributed by atoms with Crippen LogP contribution in [0.2, 0.25) is 0 Å². The maximum absolute atomic E-state index is 15.7. The lowest BCUT2D eigenvalue weighted by atomic mass is 9.77. The van der Waals surface area contributed by atoms with E-state index in [-0.39, 0.29) is 23.2 Å². The lowest BCUT2D eigenvalue weighted by Crippen LogP contribution is -2.68. The number of amides is 2. The number of rotatable bonds is 12. The van der Waals surface area contributed by atoms with Crippen molar-refractivity contribution >= 4 is 23.8 Å². The summed E-state index contributed by atoms with van der Waals surface area (Å²) < 4.78 is 27.4. The van der Waals surface area contributed by atoms with E-state index in [1.165, 1.54) is 25.7 Å². The van der Waals surface area contributed by atoms with Crippen molar-refractivity contribution in [2.75, 3.05) is 20.2 Å². The van der Waals surface area contributed by atoms with E-state index in [9.17, 15) is 19.2 Å². The van der Waals surface area contributed by atoms with Crippen LogP contribution in [0, 0.1) is 17.7 Å². The van der Waals surface area contributed by atoms with Crippen LogP contribution in [-0.2, 0) is 29.5 Å². The first-order chi connectivity index (χ1) is 25.7. The Kier molecular flexibility index (Phi) is 10.6. The number of Topliss-reactive ketones (excluding diaryl/α,β-unsaturated/α-hetero) is 1. The Hall–Kier alpha value is -5.55. The molecule has 1 aromatic carbocycles. The molecular formula is C37H45FN10O6. The van der Waals surface area contributed by atoms with Crippen molar-refractivity contribution in [3.05, 3.63) is 61.0 Å². The van der Waals surface area contributed by atoms with E-state index in [4.69, 9.17) is 20.9 Å². The highest BCUT2D eigenvalue weighted by Gasteiger charge is 2.57. The number of esters is 1. The van der Waals surface area contributed by atoms with E-state index < -0.39 is 52.9 Å². The fraction of sp³-hybridized carbons (Fsp3) is 0.459. The molecule has 3 aromatic heterocycles. The molecule has 16 nitrogen and oxygen atoms in total. The van der Waals surface area contributed by atoms with Gasteiger partial charge in [-0.3, -0.25) is 14.9 Å². The summed E-state index contributed by atoms with van der Waals surface area (Å²) in [6, 6.07) is 4.20. The number of methoxy groups -OCH3 is 1. The lowest BCUT2D eigenvalue weighted by molar-refractivity contribution is -0.157. The molecule has 17 heteroatoms. The SMILES string of the molecule is COC(=O)C(N)(C(=O)[C@@]1(n2cncc2-c2cnc(-c3ccc(-c4cnc([C@@H]5CCCN5C(=O)[C@@H](OC(N)=O)C(C)C)[nH]4)c(F)c3)nc2)CCCN1)C(C)C. The molecule has 4 atom stereocenters. The van der Waals surface area contributed by atoms with Crippen molar-refractivity contribution in [2.24, 2.45) is 23.3 Å². The van der Waals surface area contributed by atoms with E-state index in [1.807, 2.05) is 0 Å². The van der Waals surface area contributed by atoms with Gasteiger partial charge in [-0.1, -0.05) is 33.8 Å². The van der Waals surface area contributed by atoms with Crippen LogP contribution < -0.4 is 16.8 Å². The molecule has 2 amide bonds. The molecule has 54 heavy (non-hydrogen) atoms. The van der Waals surface area contributed by atoms with E-state index in [0.29, 0.717) is 60.7 Å². The summed E-state index contributed by atoms with van der Waals surface area (Å²) in [7, 11) is 1.20. The van der Waals surface area contributed by atoms with Crippen LogP contribution in [0.15, 0.2) is 49.3 Å². The Morgan fingerprint density at radius 2 is 1.78 bits per heavy atom. The maximum atomic E-state index is 15.7. The number of ether oxygens (including phenoxy) is 2. The van der Waals surface area contributed by atoms with E-state index in [2.05, 4.69) is 30.2 Å². The summed E-state index contributed by atoms with van der Waals surface area (Å²) in [5, 5.41) is 3.28. The number of imidazole rings is 2. The molecule has 0 radical (unpaired) electrons. The molecule has 286 valence electrons. The number of ketones is 1. The van der Waals surface area contributed by atoms with Gasteiger partial charge in [0, 0.05) is 35.6 Å². The van der Waals surface area contributed by atoms with Gasteiger partial charge >= 0.3 is 12.1 Å². The number of likely N-dealkylation sites (tertiary alicyclic amines) is 1. The highest BCUT2D eigenvalue weighted by atomic mass is 19.1. The minimum atomic E-state index is -1.92. The average Bonchev–Trinajstić information content (AvgIpc) is 3.99. The predicted molar refractivity (Wildman–Crippen MR) is 193 cm³/mol. The number of halogens is 1. The highest BCUT2D eigenvalue weighted by Crippen LogP contribution is 2.37. The third-order valence-electron chi connectivity index (χ3n) is 10.4. The van der Waals surface area contributed by atoms with Gasteiger partial charge in [0.2, 0.25) is 5.78 Å². The maximum Gasteiger partial charge on any atom is 0.405 e. The molecule has 2 saturated heterocycles. The first-order valence-corrected chi connectivity index (χ1v) is 17.9. The van der Waals surface area contributed by atoms with Crippen molar-refractivity contribution in [3.63, 3.8) is 0 Å². The Balaban J connectivity index is 1.22. The van der Waals surface area contributed by atoms with Gasteiger partial charge in [0.1, 0.15) is 11.6 Å². The fourth-order valence-corrected chi connectivity index (χ4v) is 7.35. The van der Waals surface area contributed by atoms with E-state index in [1.54, 1.807) is 67.9 Å². The topological polar surface area (TPSA) is 226 Å². The Morgan fingerprint density at radius 3 is 2.39 bits per heavy atom. The number of benzene rings is 1. The second kappa shape index (κ2) is 15.1. The molecule has 0 spiro atoms. The number of carbonyl (C=O) groups excluding carboxylic acids is 4. The van der Waals surface area contributed by atoms with Crippen LogP contribution in [0.1, 0.15) is 65.2 Å². The van der Waals surface area contributed by atoms with Crippen LogP contribution in [0.25, 0.3) is 33.9 Å². The Morgan fingerprint density at radius 1 is 1.04 bits per heavy atom. The summed E-state index contributed by atoms with van der Waals surface area (Å²) in [6.07, 6.45) is 8.03. The van der Waals surface area contributed by atoms with Gasteiger partial charge in [0.05, 0.1) is 43.3 Å². The number of aromatic nitrogens is 6. The number of nitrogens with one attached hydrogen (secondary N) is 2. The number of hydrogen-bond donors (Lipinski definition) is 4. The van der Waals surface area contributed by atoms with Crippen LogP contribution in [-0.4, -0.2) is 90.0 Å². The van der Waals surface area contributed by atoms with Crippen molar-refractivity contribution in [1.82, 2.24) is 39.7 Å². The summed E-state index contributed by atoms with van der Waals surface area (Å²) in [5.74, 6) is -2.36. The molecule has 6 N–H and O–H groups in total. The number of aromatic amines is 1. The number of nitrogens with zero attached hydrogens (tertiary/aromatic N) is 6. The smallest absolute Gasteiger partial charge is 0.405 e. The monoisotopic (exact) mass is 744 g/mol. The van der Waals surface area contributed by atoms with Gasteiger partial charge in [0.15, 0.2) is 23.1 Å². The first-order valence-electron chi connectivity index (χ1n) is 17.9. The molecule has 2 aliphatic heterocycles. The van der Waals surface area contributed by atoms with Gasteiger partial charge in [0.25, 0.3) is 5.91 Å². The fourth-order valence-electron chi connectivity index (χ4n) is 7.35. The molecule has 1 unspecified atom stereocenters. The number of carbonyl (C=O) groups is 4.